The first kappa shape index (κ1) is 28.0. The van der Waals surface area contributed by atoms with E-state index in [1.165, 1.54) is 6.08 Å². The van der Waals surface area contributed by atoms with E-state index in [1.54, 1.807) is 6.92 Å². The van der Waals surface area contributed by atoms with Gasteiger partial charge in [-0.1, -0.05) is 40.0 Å². The van der Waals surface area contributed by atoms with Gasteiger partial charge >= 0.3 is 41.5 Å². The Labute approximate surface area is 206 Å². The number of carboxylic acid groups (broad SMARTS) is 1. The molecule has 0 bridgehead atoms. The number of carboxylic acids is 1. The number of carbonyl (C=O) groups is 2. The van der Waals surface area contributed by atoms with Gasteiger partial charge in [0.1, 0.15) is 18.0 Å². The molecule has 0 spiro atoms. The van der Waals surface area contributed by atoms with Gasteiger partial charge in [-0.2, -0.15) is 0 Å². The van der Waals surface area contributed by atoms with E-state index in [0.717, 1.165) is 25.7 Å². The van der Waals surface area contributed by atoms with E-state index in [-0.39, 0.29) is 83.6 Å². The number of carbonyl (C=O) groups excluding carboxylic acids is 1. The molecule has 0 heterocycles. The van der Waals surface area contributed by atoms with Crippen molar-refractivity contribution in [2.45, 2.75) is 84.3 Å². The van der Waals surface area contributed by atoms with E-state index < -0.39 is 18.2 Å². The number of aliphatic hydroxyl groups excluding tert-OH is 3. The fraction of sp³-hybridized carbons (Fsp3) is 0.739. The van der Waals surface area contributed by atoms with Crippen LogP contribution in [0.1, 0.15) is 72.1 Å². The van der Waals surface area contributed by atoms with E-state index in [9.17, 15) is 24.9 Å². The molecule has 2 aliphatic carbocycles. The molecule has 7 nitrogen and oxygen atoms in total. The van der Waals surface area contributed by atoms with Gasteiger partial charge in [-0.15, -0.1) is 0 Å². The zero-order valence-corrected chi connectivity index (χ0v) is 18.2. The fourth-order valence-electron chi connectivity index (χ4n) is 4.53. The quantitative estimate of drug-likeness (QED) is 0.229. The Morgan fingerprint density at radius 3 is 2.45 bits per heavy atom. The Morgan fingerprint density at radius 1 is 1.19 bits per heavy atom. The summed E-state index contributed by atoms with van der Waals surface area (Å²) in [6.07, 6.45) is 4.72. The maximum atomic E-state index is 12.4. The number of unbranched alkanes of at least 4 members (excludes halogenated alkanes) is 3. The van der Waals surface area contributed by atoms with Crippen molar-refractivity contribution in [2.24, 2.45) is 23.7 Å². The van der Waals surface area contributed by atoms with E-state index in [1.807, 2.05) is 13.8 Å². The number of rotatable bonds is 10. The van der Waals surface area contributed by atoms with Crippen LogP contribution in [0.2, 0.25) is 0 Å². The molecule has 2 rings (SSSR count). The Bertz CT molecular complexity index is 687. The number of ether oxygens (including phenoxy) is 1. The van der Waals surface area contributed by atoms with E-state index in [0.29, 0.717) is 18.4 Å². The van der Waals surface area contributed by atoms with E-state index in [2.05, 4.69) is 0 Å². The molecule has 4 N–H and O–H groups in total. The van der Waals surface area contributed by atoms with Gasteiger partial charge in [0.25, 0.3) is 0 Å². The topological polar surface area (TPSA) is 124 Å². The zero-order valence-electron chi connectivity index (χ0n) is 18.2. The average molecular weight is 449 g/mol. The van der Waals surface area contributed by atoms with Crippen LogP contribution in [0.25, 0.3) is 0 Å². The predicted molar refractivity (Wildman–Crippen MR) is 119 cm³/mol. The molecule has 8 heteroatoms. The third-order valence-electron chi connectivity index (χ3n) is 6.66. The minimum absolute atomic E-state index is 0. The Kier molecular flexibility index (Phi) is 11.6. The van der Waals surface area contributed by atoms with Crippen molar-refractivity contribution in [1.82, 2.24) is 0 Å². The molecule has 0 aromatic rings. The minimum atomic E-state index is -1.12. The van der Waals surface area contributed by atoms with Gasteiger partial charge in [-0.3, -0.25) is 9.59 Å². The molecule has 0 unspecified atom stereocenters. The van der Waals surface area contributed by atoms with Crippen LogP contribution in [-0.2, 0) is 14.3 Å². The van der Waals surface area contributed by atoms with Gasteiger partial charge in [-0.25, -0.2) is 0 Å². The molecular formula is C23H37NaO7. The van der Waals surface area contributed by atoms with Crippen molar-refractivity contribution in [3.63, 3.8) is 0 Å². The summed E-state index contributed by atoms with van der Waals surface area (Å²) < 4.78 is 5.80. The second kappa shape index (κ2) is 12.9. The monoisotopic (exact) mass is 448 g/mol. The molecule has 0 amide bonds. The average Bonchev–Trinajstić information content (AvgIpc) is 2.70. The first-order valence-electron chi connectivity index (χ1n) is 11.1. The maximum absolute atomic E-state index is 12.4. The first-order chi connectivity index (χ1) is 14.2. The third kappa shape index (κ3) is 7.24. The Balaban J connectivity index is 0.00000480. The summed E-state index contributed by atoms with van der Waals surface area (Å²) >= 11 is 0. The number of allylic oxidation sites excluding steroid dienone is 2. The number of hydrogen-bond acceptors (Lipinski definition) is 6. The number of aliphatic hydroxyl groups is 3. The van der Waals surface area contributed by atoms with Crippen molar-refractivity contribution in [3.05, 3.63) is 23.2 Å². The van der Waals surface area contributed by atoms with Gasteiger partial charge in [0, 0.05) is 30.3 Å². The van der Waals surface area contributed by atoms with Crippen LogP contribution >= 0.6 is 0 Å². The molecule has 0 saturated heterocycles. The molecule has 6 atom stereocenters. The van der Waals surface area contributed by atoms with Crippen LogP contribution in [0.4, 0.5) is 0 Å². The van der Waals surface area contributed by atoms with Crippen LogP contribution < -0.4 is 0 Å². The molecule has 0 aliphatic heterocycles. The van der Waals surface area contributed by atoms with Crippen LogP contribution in [0.5, 0.6) is 0 Å². The summed E-state index contributed by atoms with van der Waals surface area (Å²) in [4.78, 5) is 23.1. The second-order valence-electron chi connectivity index (χ2n) is 8.77. The summed E-state index contributed by atoms with van der Waals surface area (Å²) in [6.45, 7) is 5.64. The second-order valence-corrected chi connectivity index (χ2v) is 8.77. The van der Waals surface area contributed by atoms with Crippen molar-refractivity contribution < 1.29 is 34.8 Å². The van der Waals surface area contributed by atoms with E-state index >= 15 is 0 Å². The van der Waals surface area contributed by atoms with Gasteiger partial charge in [0.2, 0.25) is 0 Å². The number of esters is 1. The predicted octanol–water partition coefficient (Wildman–Crippen LogP) is 3.62. The molecule has 0 aromatic heterocycles. The normalized spacial score (nSPS) is 28.8. The molecule has 0 fully saturated rings. The van der Waals surface area contributed by atoms with Crippen molar-refractivity contribution in [3.8, 4) is 0 Å². The summed E-state index contributed by atoms with van der Waals surface area (Å²) in [5.74, 6) is -1.84. The van der Waals surface area contributed by atoms with Gasteiger partial charge < -0.3 is 25.2 Å². The molecule has 31 heavy (non-hydrogen) atoms. The molecule has 0 saturated carbocycles. The molecule has 2 aliphatic rings. The molecule has 172 valence electrons. The van der Waals surface area contributed by atoms with Crippen molar-refractivity contribution in [1.29, 1.82) is 0 Å². The Hall–Kier alpha value is -1.02. The van der Waals surface area contributed by atoms with Gasteiger partial charge in [0.05, 0.1) is 11.7 Å². The summed E-state index contributed by atoms with van der Waals surface area (Å²) in [5.41, 5.74) is 0.460. The molecular weight excluding hydrogens is 411 g/mol. The third-order valence-corrected chi connectivity index (χ3v) is 6.66. The Morgan fingerprint density at radius 2 is 1.84 bits per heavy atom. The zero-order chi connectivity index (χ0) is 22.4. The van der Waals surface area contributed by atoms with Gasteiger partial charge in [-0.05, 0) is 31.3 Å². The summed E-state index contributed by atoms with van der Waals surface area (Å²) in [5, 5.41) is 40.0. The van der Waals surface area contributed by atoms with E-state index in [4.69, 9.17) is 9.84 Å². The van der Waals surface area contributed by atoms with Crippen molar-refractivity contribution in [2.75, 3.05) is 0 Å². The van der Waals surface area contributed by atoms with Gasteiger partial charge in [0.15, 0.2) is 0 Å². The number of aliphatic carboxylic acids is 1. The summed E-state index contributed by atoms with van der Waals surface area (Å²) in [6, 6.07) is 0. The van der Waals surface area contributed by atoms with Crippen LogP contribution in [0, 0.1) is 23.7 Å². The molecule has 0 radical (unpaired) electrons. The van der Waals surface area contributed by atoms with Crippen LogP contribution in [0.15, 0.2) is 23.2 Å². The van der Waals surface area contributed by atoms with Crippen molar-refractivity contribution >= 4 is 41.5 Å². The first-order valence-corrected chi connectivity index (χ1v) is 11.1. The fourth-order valence-corrected chi connectivity index (χ4v) is 4.53. The summed E-state index contributed by atoms with van der Waals surface area (Å²) in [7, 11) is 0. The molecule has 0 aromatic carbocycles. The van der Waals surface area contributed by atoms with Crippen LogP contribution in [-0.4, -0.2) is 74.1 Å². The number of hydrogen-bond donors (Lipinski definition) is 4. The van der Waals surface area contributed by atoms with Crippen LogP contribution in [0.3, 0.4) is 0 Å². The SMILES string of the molecule is CC[C@H](C)C(=O)O[C@H]1C[C@H](O)C(O)=C2C=C(O)[C@@H](C)[C@@H](CCCCCCC(=O)O)[C@H]21.[NaH]. The number of fused-ring (bicyclic) bond motifs is 1. The standard InChI is InChI=1S/C23H36O7.Na.H/c1-4-13(2)23(29)30-19-12-18(25)22(28)16-11-17(24)14(3)15(21(16)19)9-7-5-6-8-10-20(26)27;;/h11,13-15,18-19,21,24-25,28H,4-10,12H2,1-3H3,(H,26,27);;/t13-,14-,15+,18-,19-,21+;;/m0../s1.